The molecule has 0 unspecified atom stereocenters. The maximum Gasteiger partial charge on any atom is 0.416 e. The van der Waals surface area contributed by atoms with Gasteiger partial charge in [-0.2, -0.15) is 13.2 Å². The zero-order chi connectivity index (χ0) is 13.8. The van der Waals surface area contributed by atoms with Crippen LogP contribution in [0.2, 0.25) is 0 Å². The van der Waals surface area contributed by atoms with Crippen LogP contribution in [0.3, 0.4) is 0 Å². The van der Waals surface area contributed by atoms with Crippen molar-refractivity contribution in [3.05, 3.63) is 35.8 Å². The molecule has 2 heterocycles. The maximum atomic E-state index is 12.7. The van der Waals surface area contributed by atoms with Crippen LogP contribution < -0.4 is 5.73 Å². The molecule has 0 spiro atoms. The van der Waals surface area contributed by atoms with Gasteiger partial charge in [0.1, 0.15) is 11.2 Å². The first-order valence-electron chi connectivity index (χ1n) is 5.60. The van der Waals surface area contributed by atoms with Crippen molar-refractivity contribution >= 4 is 26.4 Å². The molecule has 0 fully saturated rings. The van der Waals surface area contributed by atoms with Crippen molar-refractivity contribution in [1.82, 2.24) is 9.38 Å². The van der Waals surface area contributed by atoms with Gasteiger partial charge in [0.2, 0.25) is 0 Å². The topological polar surface area (TPSA) is 43.3 Å². The minimum Gasteiger partial charge on any atom is -0.323 e. The Hall–Kier alpha value is -1.60. The number of imidazole rings is 1. The van der Waals surface area contributed by atoms with Crippen LogP contribution in [0.1, 0.15) is 24.2 Å². The number of hydrogen-bond acceptors (Lipinski definition) is 3. The van der Waals surface area contributed by atoms with E-state index in [4.69, 9.17) is 5.73 Å². The normalized spacial score (nSPS) is 14.4. The van der Waals surface area contributed by atoms with Crippen LogP contribution in [-0.4, -0.2) is 9.38 Å². The highest BCUT2D eigenvalue weighted by Crippen LogP contribution is 2.35. The zero-order valence-electron chi connectivity index (χ0n) is 9.90. The summed E-state index contributed by atoms with van der Waals surface area (Å²) in [5.41, 5.74) is 6.58. The quantitative estimate of drug-likeness (QED) is 0.742. The Kier molecular flexibility index (Phi) is 2.58. The summed E-state index contributed by atoms with van der Waals surface area (Å²) in [4.78, 5) is 5.00. The summed E-state index contributed by atoms with van der Waals surface area (Å²) in [5.74, 6) is 0. The Bertz CT molecular complexity index is 755. The van der Waals surface area contributed by atoms with Crippen LogP contribution >= 0.6 is 11.3 Å². The molecule has 3 rings (SSSR count). The second-order valence-electron chi connectivity index (χ2n) is 4.38. The highest BCUT2D eigenvalue weighted by molar-refractivity contribution is 7.24. The standard InChI is InChI=1S/C12H10F3N3S/c1-6(16)10-11-18(5-17-10)8-3-2-7(12(13,14)15)4-9(8)19-11/h2-6H,16H2,1H3/t6-/m0/s1. The molecule has 100 valence electrons. The van der Waals surface area contributed by atoms with Crippen LogP contribution in [-0.2, 0) is 6.18 Å². The predicted octanol–water partition coefficient (Wildman–Crippen LogP) is 3.59. The van der Waals surface area contributed by atoms with E-state index in [1.807, 2.05) is 0 Å². The van der Waals surface area contributed by atoms with Gasteiger partial charge in [0, 0.05) is 6.04 Å². The molecule has 19 heavy (non-hydrogen) atoms. The second kappa shape index (κ2) is 3.94. The van der Waals surface area contributed by atoms with Gasteiger partial charge in [0.15, 0.2) is 0 Å². The highest BCUT2D eigenvalue weighted by atomic mass is 32.1. The van der Waals surface area contributed by atoms with Gasteiger partial charge in [0.25, 0.3) is 0 Å². The summed E-state index contributed by atoms with van der Waals surface area (Å²) in [6.07, 6.45) is -2.73. The molecule has 2 N–H and O–H groups in total. The molecule has 0 aliphatic rings. The molecule has 0 saturated heterocycles. The van der Waals surface area contributed by atoms with Crippen molar-refractivity contribution in [1.29, 1.82) is 0 Å². The molecule has 0 saturated carbocycles. The molecule has 0 amide bonds. The zero-order valence-corrected chi connectivity index (χ0v) is 10.7. The summed E-state index contributed by atoms with van der Waals surface area (Å²) in [6.45, 7) is 1.80. The van der Waals surface area contributed by atoms with Gasteiger partial charge in [-0.25, -0.2) is 4.98 Å². The minimum atomic E-state index is -4.32. The van der Waals surface area contributed by atoms with Crippen molar-refractivity contribution in [2.24, 2.45) is 5.73 Å². The third-order valence-corrected chi connectivity index (χ3v) is 4.08. The van der Waals surface area contributed by atoms with Crippen LogP contribution in [0.15, 0.2) is 24.5 Å². The van der Waals surface area contributed by atoms with Crippen LogP contribution in [0.4, 0.5) is 13.2 Å². The third kappa shape index (κ3) is 1.89. The van der Waals surface area contributed by atoms with E-state index in [0.717, 1.165) is 17.0 Å². The summed E-state index contributed by atoms with van der Waals surface area (Å²) >= 11 is 1.27. The first kappa shape index (κ1) is 12.4. The number of alkyl halides is 3. The molecular formula is C12H10F3N3S. The average molecular weight is 285 g/mol. The van der Waals surface area contributed by atoms with Gasteiger partial charge in [-0.15, -0.1) is 11.3 Å². The number of thiazole rings is 1. The van der Waals surface area contributed by atoms with Crippen molar-refractivity contribution in [2.45, 2.75) is 19.1 Å². The molecule has 1 aromatic carbocycles. The fourth-order valence-electron chi connectivity index (χ4n) is 2.01. The first-order valence-corrected chi connectivity index (χ1v) is 6.42. The Labute approximate surface area is 110 Å². The van der Waals surface area contributed by atoms with Crippen LogP contribution in [0.5, 0.6) is 0 Å². The molecule has 0 bridgehead atoms. The molecule has 3 nitrogen and oxygen atoms in total. The van der Waals surface area contributed by atoms with Gasteiger partial charge >= 0.3 is 6.18 Å². The summed E-state index contributed by atoms with van der Waals surface area (Å²) in [6, 6.07) is 3.46. The first-order chi connectivity index (χ1) is 8.88. The average Bonchev–Trinajstić information content (AvgIpc) is 2.84. The van der Waals surface area contributed by atoms with Crippen LogP contribution in [0.25, 0.3) is 15.0 Å². The lowest BCUT2D eigenvalue weighted by atomic mass is 10.2. The van der Waals surface area contributed by atoms with Crippen molar-refractivity contribution < 1.29 is 13.2 Å². The number of benzene rings is 1. The van der Waals surface area contributed by atoms with Crippen molar-refractivity contribution in [2.75, 3.05) is 0 Å². The highest BCUT2D eigenvalue weighted by Gasteiger charge is 2.31. The largest absolute Gasteiger partial charge is 0.416 e. The Balaban J connectivity index is 2.28. The monoisotopic (exact) mass is 285 g/mol. The molecule has 7 heteroatoms. The van der Waals surface area contributed by atoms with E-state index in [0.29, 0.717) is 15.9 Å². The molecule has 0 radical (unpaired) electrons. The second-order valence-corrected chi connectivity index (χ2v) is 5.41. The molecule has 0 aliphatic heterocycles. The van der Waals surface area contributed by atoms with E-state index >= 15 is 0 Å². The molecule has 2 aromatic heterocycles. The van der Waals surface area contributed by atoms with E-state index in [1.54, 1.807) is 17.7 Å². The SMILES string of the molecule is C[C@H](N)c1ncn2c1sc1cc(C(F)(F)F)ccc12. The number of nitrogens with two attached hydrogens (primary N) is 1. The summed E-state index contributed by atoms with van der Waals surface area (Å²) < 4.78 is 40.4. The van der Waals surface area contributed by atoms with Crippen LogP contribution in [0, 0.1) is 0 Å². The summed E-state index contributed by atoms with van der Waals surface area (Å²) in [5, 5.41) is 0. The molecular weight excluding hydrogens is 275 g/mol. The predicted molar refractivity (Wildman–Crippen MR) is 68.2 cm³/mol. The molecule has 3 aromatic rings. The van der Waals surface area contributed by atoms with Crippen molar-refractivity contribution in [3.8, 4) is 0 Å². The number of rotatable bonds is 1. The Morgan fingerprint density at radius 3 is 2.74 bits per heavy atom. The van der Waals surface area contributed by atoms with Gasteiger partial charge < -0.3 is 5.73 Å². The fraction of sp³-hybridized carbons (Fsp3) is 0.250. The van der Waals surface area contributed by atoms with E-state index < -0.39 is 11.7 Å². The minimum absolute atomic E-state index is 0.250. The number of aromatic nitrogens is 2. The Morgan fingerprint density at radius 2 is 2.11 bits per heavy atom. The fourth-order valence-corrected chi connectivity index (χ4v) is 3.26. The Morgan fingerprint density at radius 1 is 1.37 bits per heavy atom. The van der Waals surface area contributed by atoms with Gasteiger partial charge in [-0.05, 0) is 25.1 Å². The van der Waals surface area contributed by atoms with Crippen molar-refractivity contribution in [3.63, 3.8) is 0 Å². The van der Waals surface area contributed by atoms with E-state index in [9.17, 15) is 13.2 Å². The van der Waals surface area contributed by atoms with E-state index in [1.165, 1.54) is 17.4 Å². The van der Waals surface area contributed by atoms with Gasteiger partial charge in [-0.3, -0.25) is 4.40 Å². The maximum absolute atomic E-state index is 12.7. The number of hydrogen-bond donors (Lipinski definition) is 1. The van der Waals surface area contributed by atoms with E-state index in [2.05, 4.69) is 4.98 Å². The van der Waals surface area contributed by atoms with E-state index in [-0.39, 0.29) is 6.04 Å². The van der Waals surface area contributed by atoms with Gasteiger partial charge in [0.05, 0.1) is 21.5 Å². The number of fused-ring (bicyclic) bond motifs is 3. The molecule has 1 atom stereocenters. The lowest BCUT2D eigenvalue weighted by molar-refractivity contribution is -0.137. The number of halogens is 3. The lowest BCUT2D eigenvalue weighted by Gasteiger charge is -2.05. The third-order valence-electron chi connectivity index (χ3n) is 2.93. The molecule has 0 aliphatic carbocycles. The van der Waals surface area contributed by atoms with Gasteiger partial charge in [-0.1, -0.05) is 0 Å². The smallest absolute Gasteiger partial charge is 0.323 e. The summed E-state index contributed by atoms with van der Waals surface area (Å²) in [7, 11) is 0. The lowest BCUT2D eigenvalue weighted by Crippen LogP contribution is -2.04. The number of nitrogens with zero attached hydrogens (tertiary/aromatic N) is 2.